The summed E-state index contributed by atoms with van der Waals surface area (Å²) in [5.74, 6) is 0.277. The highest BCUT2D eigenvalue weighted by atomic mass is 35.5. The highest BCUT2D eigenvalue weighted by molar-refractivity contribution is 6.42. The fourth-order valence-electron chi connectivity index (χ4n) is 2.47. The van der Waals surface area contributed by atoms with Crippen molar-refractivity contribution in [2.24, 2.45) is 0 Å². The van der Waals surface area contributed by atoms with E-state index in [4.69, 9.17) is 23.2 Å². The van der Waals surface area contributed by atoms with Gasteiger partial charge in [0.25, 0.3) is 5.91 Å². The van der Waals surface area contributed by atoms with Crippen LogP contribution < -0.4 is 10.6 Å². The molecule has 26 heavy (non-hydrogen) atoms. The molecule has 4 nitrogen and oxygen atoms in total. The van der Waals surface area contributed by atoms with E-state index in [9.17, 15) is 4.79 Å². The number of aromatic nitrogens is 1. The van der Waals surface area contributed by atoms with Crippen LogP contribution in [0.25, 0.3) is 0 Å². The maximum Gasteiger partial charge on any atom is 0.259 e. The van der Waals surface area contributed by atoms with Crippen LogP contribution in [0.5, 0.6) is 0 Å². The van der Waals surface area contributed by atoms with Gasteiger partial charge in [0.2, 0.25) is 0 Å². The third-order valence-corrected chi connectivity index (χ3v) is 4.52. The normalized spacial score (nSPS) is 10.4. The molecule has 0 fully saturated rings. The minimum atomic E-state index is -0.265. The van der Waals surface area contributed by atoms with Gasteiger partial charge in [-0.15, -0.1) is 0 Å². The fourth-order valence-corrected chi connectivity index (χ4v) is 2.77. The average molecular weight is 386 g/mol. The number of hydrogen-bond acceptors (Lipinski definition) is 3. The Bertz CT molecular complexity index is 901. The molecule has 2 N–H and O–H groups in total. The Morgan fingerprint density at radius 2 is 1.77 bits per heavy atom. The molecular weight excluding hydrogens is 369 g/mol. The van der Waals surface area contributed by atoms with Crippen LogP contribution in [0.4, 0.5) is 11.5 Å². The van der Waals surface area contributed by atoms with Crippen molar-refractivity contribution in [3.05, 3.63) is 88.0 Å². The van der Waals surface area contributed by atoms with E-state index in [1.807, 2.05) is 18.2 Å². The Balaban J connectivity index is 1.67. The lowest BCUT2D eigenvalue weighted by Crippen LogP contribution is -2.16. The average Bonchev–Trinajstić information content (AvgIpc) is 2.66. The third-order valence-electron chi connectivity index (χ3n) is 3.78. The number of nitrogens with one attached hydrogen (secondary N) is 2. The van der Waals surface area contributed by atoms with Gasteiger partial charge in [-0.05, 0) is 42.3 Å². The van der Waals surface area contributed by atoms with Crippen LogP contribution in [0.3, 0.4) is 0 Å². The van der Waals surface area contributed by atoms with Gasteiger partial charge in [-0.1, -0.05) is 53.5 Å². The van der Waals surface area contributed by atoms with Crippen LogP contribution in [0.2, 0.25) is 10.0 Å². The number of halogens is 2. The largest absolute Gasteiger partial charge is 0.369 e. The van der Waals surface area contributed by atoms with Crippen molar-refractivity contribution < 1.29 is 4.79 Å². The number of amides is 1. The molecule has 1 amide bonds. The number of rotatable bonds is 6. The van der Waals surface area contributed by atoms with Crippen LogP contribution in [0, 0.1) is 0 Å². The van der Waals surface area contributed by atoms with Gasteiger partial charge < -0.3 is 10.6 Å². The maximum absolute atomic E-state index is 12.6. The van der Waals surface area contributed by atoms with Gasteiger partial charge in [0.1, 0.15) is 5.82 Å². The quantitative estimate of drug-likeness (QED) is 0.605. The molecule has 1 aromatic heterocycles. The Labute approximate surface area is 162 Å². The number of anilines is 2. The van der Waals surface area contributed by atoms with E-state index in [1.54, 1.807) is 36.5 Å². The Morgan fingerprint density at radius 1 is 0.962 bits per heavy atom. The summed E-state index contributed by atoms with van der Waals surface area (Å²) >= 11 is 11.9. The Morgan fingerprint density at radius 3 is 2.54 bits per heavy atom. The second kappa shape index (κ2) is 8.70. The van der Waals surface area contributed by atoms with Crippen molar-refractivity contribution >= 4 is 40.6 Å². The molecule has 132 valence electrons. The SMILES string of the molecule is O=C(Nc1ccc(Cl)c(Cl)c1)c1cccnc1NCCc1ccccc1. The molecule has 0 aliphatic heterocycles. The lowest BCUT2D eigenvalue weighted by Gasteiger charge is -2.11. The molecule has 0 unspecified atom stereocenters. The maximum atomic E-state index is 12.6. The summed E-state index contributed by atoms with van der Waals surface area (Å²) in [5, 5.41) is 6.87. The van der Waals surface area contributed by atoms with Crippen LogP contribution >= 0.6 is 23.2 Å². The van der Waals surface area contributed by atoms with E-state index >= 15 is 0 Å². The zero-order valence-electron chi connectivity index (χ0n) is 13.9. The highest BCUT2D eigenvalue weighted by Gasteiger charge is 2.13. The molecule has 0 aliphatic rings. The first-order valence-electron chi connectivity index (χ1n) is 8.13. The standard InChI is InChI=1S/C20H17Cl2N3O/c21-17-9-8-15(13-18(17)22)25-20(26)16-7-4-11-23-19(16)24-12-10-14-5-2-1-3-6-14/h1-9,11,13H,10,12H2,(H,23,24)(H,25,26). The van der Waals surface area contributed by atoms with Gasteiger partial charge >= 0.3 is 0 Å². The lowest BCUT2D eigenvalue weighted by molar-refractivity contribution is 0.102. The summed E-state index contributed by atoms with van der Waals surface area (Å²) in [5.41, 5.74) is 2.26. The van der Waals surface area contributed by atoms with Crippen LogP contribution in [0.1, 0.15) is 15.9 Å². The molecule has 0 spiro atoms. The Kier molecular flexibility index (Phi) is 6.10. The summed E-state index contributed by atoms with van der Waals surface area (Å²) in [4.78, 5) is 16.9. The molecule has 3 rings (SSSR count). The van der Waals surface area contributed by atoms with Gasteiger partial charge in [0, 0.05) is 18.4 Å². The molecule has 3 aromatic rings. The van der Waals surface area contributed by atoms with Crippen molar-refractivity contribution in [3.63, 3.8) is 0 Å². The number of pyridine rings is 1. The van der Waals surface area contributed by atoms with Gasteiger partial charge in [-0.3, -0.25) is 4.79 Å². The fraction of sp³-hybridized carbons (Fsp3) is 0.100. The number of benzene rings is 2. The minimum absolute atomic E-state index is 0.265. The number of carbonyl (C=O) groups is 1. The van der Waals surface area contributed by atoms with Gasteiger partial charge in [0.05, 0.1) is 15.6 Å². The summed E-state index contributed by atoms with van der Waals surface area (Å²) in [6.07, 6.45) is 2.49. The zero-order chi connectivity index (χ0) is 18.4. The number of hydrogen-bond donors (Lipinski definition) is 2. The molecule has 0 atom stereocenters. The van der Waals surface area contributed by atoms with Gasteiger partial charge in [0.15, 0.2) is 0 Å². The monoisotopic (exact) mass is 385 g/mol. The van der Waals surface area contributed by atoms with E-state index < -0.39 is 0 Å². The molecule has 6 heteroatoms. The van der Waals surface area contributed by atoms with E-state index in [-0.39, 0.29) is 5.91 Å². The smallest absolute Gasteiger partial charge is 0.259 e. The van der Waals surface area contributed by atoms with Crippen molar-refractivity contribution in [2.45, 2.75) is 6.42 Å². The van der Waals surface area contributed by atoms with Crippen molar-refractivity contribution in [1.82, 2.24) is 4.98 Å². The van der Waals surface area contributed by atoms with E-state index in [2.05, 4.69) is 27.8 Å². The molecule has 0 saturated carbocycles. The third kappa shape index (κ3) is 4.75. The molecule has 0 aliphatic carbocycles. The molecule has 1 heterocycles. The molecule has 0 saturated heterocycles. The highest BCUT2D eigenvalue weighted by Crippen LogP contribution is 2.25. The lowest BCUT2D eigenvalue weighted by atomic mass is 10.1. The van der Waals surface area contributed by atoms with Crippen molar-refractivity contribution in [3.8, 4) is 0 Å². The number of nitrogens with zero attached hydrogens (tertiary/aromatic N) is 1. The number of carbonyl (C=O) groups excluding carboxylic acids is 1. The second-order valence-electron chi connectivity index (χ2n) is 5.64. The molecule has 0 radical (unpaired) electrons. The van der Waals surface area contributed by atoms with Crippen LogP contribution in [-0.2, 0) is 6.42 Å². The first kappa shape index (κ1) is 18.2. The summed E-state index contributed by atoms with van der Waals surface area (Å²) < 4.78 is 0. The van der Waals surface area contributed by atoms with Crippen molar-refractivity contribution in [1.29, 1.82) is 0 Å². The van der Waals surface area contributed by atoms with Gasteiger partial charge in [-0.2, -0.15) is 0 Å². The summed E-state index contributed by atoms with van der Waals surface area (Å²) in [6.45, 7) is 0.675. The summed E-state index contributed by atoms with van der Waals surface area (Å²) in [6, 6.07) is 18.5. The first-order chi connectivity index (χ1) is 12.6. The predicted molar refractivity (Wildman–Crippen MR) is 107 cm³/mol. The van der Waals surface area contributed by atoms with Crippen molar-refractivity contribution in [2.75, 3.05) is 17.2 Å². The Hall–Kier alpha value is -2.56. The first-order valence-corrected chi connectivity index (χ1v) is 8.88. The second-order valence-corrected chi connectivity index (χ2v) is 6.46. The van der Waals surface area contributed by atoms with Crippen LogP contribution in [0.15, 0.2) is 66.9 Å². The van der Waals surface area contributed by atoms with E-state index in [0.717, 1.165) is 6.42 Å². The molecule has 2 aromatic carbocycles. The molecular formula is C20H17Cl2N3O. The van der Waals surface area contributed by atoms with Gasteiger partial charge in [-0.25, -0.2) is 4.98 Å². The van der Waals surface area contributed by atoms with Crippen LogP contribution in [-0.4, -0.2) is 17.4 Å². The zero-order valence-corrected chi connectivity index (χ0v) is 15.4. The van der Waals surface area contributed by atoms with E-state index in [1.165, 1.54) is 5.56 Å². The predicted octanol–water partition coefficient (Wildman–Crippen LogP) is 5.30. The summed E-state index contributed by atoms with van der Waals surface area (Å²) in [7, 11) is 0. The minimum Gasteiger partial charge on any atom is -0.369 e. The molecule has 0 bridgehead atoms. The topological polar surface area (TPSA) is 54.0 Å². The van der Waals surface area contributed by atoms with E-state index in [0.29, 0.717) is 33.7 Å².